The van der Waals surface area contributed by atoms with Crippen LogP contribution in [0, 0.1) is 13.8 Å². The van der Waals surface area contributed by atoms with Gasteiger partial charge in [0.15, 0.2) is 11.2 Å². The van der Waals surface area contributed by atoms with Crippen LogP contribution in [0.15, 0.2) is 18.2 Å². The van der Waals surface area contributed by atoms with Crippen molar-refractivity contribution in [3.05, 3.63) is 34.3 Å². The molecule has 0 radical (unpaired) electrons. The molecule has 0 saturated carbocycles. The van der Waals surface area contributed by atoms with Gasteiger partial charge < -0.3 is 15.4 Å². The molecule has 0 fully saturated rings. The third-order valence-corrected chi connectivity index (χ3v) is 4.60. The minimum absolute atomic E-state index is 0.143. The van der Waals surface area contributed by atoms with Crippen LogP contribution in [-0.2, 0) is 16.0 Å². The summed E-state index contributed by atoms with van der Waals surface area (Å²) in [6.45, 7) is 5.57. The van der Waals surface area contributed by atoms with Crippen molar-refractivity contribution in [2.75, 3.05) is 10.6 Å². The SMILES string of the molecule is Cc1nc(NC(=O)Cc2ccc3c(c2)NC(=O)C(C)O3)sc1C. The van der Waals surface area contributed by atoms with Crippen LogP contribution in [0.25, 0.3) is 0 Å². The molecule has 3 rings (SSSR count). The first-order chi connectivity index (χ1) is 10.9. The number of thiazole rings is 1. The van der Waals surface area contributed by atoms with Crippen LogP contribution in [0.5, 0.6) is 5.75 Å². The smallest absolute Gasteiger partial charge is 0.265 e. The van der Waals surface area contributed by atoms with Crippen LogP contribution in [0.3, 0.4) is 0 Å². The normalized spacial score (nSPS) is 16.3. The van der Waals surface area contributed by atoms with Crippen LogP contribution in [0.2, 0.25) is 0 Å². The molecule has 1 aromatic heterocycles. The number of hydrogen-bond acceptors (Lipinski definition) is 5. The van der Waals surface area contributed by atoms with Crippen molar-refractivity contribution in [2.24, 2.45) is 0 Å². The number of carbonyl (C=O) groups is 2. The van der Waals surface area contributed by atoms with Gasteiger partial charge in [0.1, 0.15) is 5.75 Å². The molecule has 6 nitrogen and oxygen atoms in total. The predicted octanol–water partition coefficient (Wildman–Crippen LogP) is 2.66. The fourth-order valence-corrected chi connectivity index (χ4v) is 3.07. The lowest BCUT2D eigenvalue weighted by molar-refractivity contribution is -0.122. The molecule has 1 aliphatic heterocycles. The zero-order chi connectivity index (χ0) is 16.6. The van der Waals surface area contributed by atoms with E-state index in [1.54, 1.807) is 19.1 Å². The molecule has 0 spiro atoms. The Morgan fingerprint density at radius 1 is 1.43 bits per heavy atom. The van der Waals surface area contributed by atoms with Crippen LogP contribution in [-0.4, -0.2) is 22.9 Å². The highest BCUT2D eigenvalue weighted by Crippen LogP contribution is 2.30. The first-order valence-electron chi connectivity index (χ1n) is 7.26. The molecule has 23 heavy (non-hydrogen) atoms. The lowest BCUT2D eigenvalue weighted by Crippen LogP contribution is -2.34. The summed E-state index contributed by atoms with van der Waals surface area (Å²) in [6, 6.07) is 5.35. The number of fused-ring (bicyclic) bond motifs is 1. The molecule has 7 heteroatoms. The molecule has 1 atom stereocenters. The Bertz CT molecular complexity index is 765. The number of hydrogen-bond donors (Lipinski definition) is 2. The van der Waals surface area contributed by atoms with Gasteiger partial charge in [-0.1, -0.05) is 6.07 Å². The van der Waals surface area contributed by atoms with Gasteiger partial charge in [-0.3, -0.25) is 9.59 Å². The zero-order valence-electron chi connectivity index (χ0n) is 13.1. The quantitative estimate of drug-likeness (QED) is 0.906. The maximum absolute atomic E-state index is 12.1. The summed E-state index contributed by atoms with van der Waals surface area (Å²) in [5.41, 5.74) is 2.32. The van der Waals surface area contributed by atoms with Crippen LogP contribution in [0.4, 0.5) is 10.8 Å². The number of anilines is 2. The topological polar surface area (TPSA) is 80.3 Å². The second kappa shape index (κ2) is 6.00. The molecule has 1 aromatic carbocycles. The molecule has 2 aromatic rings. The van der Waals surface area contributed by atoms with E-state index in [0.29, 0.717) is 16.6 Å². The summed E-state index contributed by atoms with van der Waals surface area (Å²) in [5.74, 6) is 0.287. The summed E-state index contributed by atoms with van der Waals surface area (Å²) in [7, 11) is 0. The predicted molar refractivity (Wildman–Crippen MR) is 89.1 cm³/mol. The molecule has 1 unspecified atom stereocenters. The summed E-state index contributed by atoms with van der Waals surface area (Å²) in [6.07, 6.45) is -0.302. The number of aryl methyl sites for hydroxylation is 2. The van der Waals surface area contributed by atoms with Crippen molar-refractivity contribution < 1.29 is 14.3 Å². The van der Waals surface area contributed by atoms with Gasteiger partial charge in [-0.05, 0) is 38.5 Å². The van der Waals surface area contributed by atoms with Crippen molar-refractivity contribution in [3.8, 4) is 5.75 Å². The third-order valence-electron chi connectivity index (χ3n) is 3.61. The van der Waals surface area contributed by atoms with E-state index in [1.807, 2.05) is 19.9 Å². The van der Waals surface area contributed by atoms with Crippen LogP contribution < -0.4 is 15.4 Å². The van der Waals surface area contributed by atoms with Crippen molar-refractivity contribution in [1.82, 2.24) is 4.98 Å². The molecule has 2 N–H and O–H groups in total. The number of amides is 2. The lowest BCUT2D eigenvalue weighted by Gasteiger charge is -2.23. The van der Waals surface area contributed by atoms with Crippen LogP contribution >= 0.6 is 11.3 Å². The molecule has 0 saturated heterocycles. The van der Waals surface area contributed by atoms with Gasteiger partial charge in [0.05, 0.1) is 17.8 Å². The Hall–Kier alpha value is -2.41. The zero-order valence-corrected chi connectivity index (χ0v) is 13.9. The standard InChI is InChI=1S/C16H17N3O3S/c1-8-10(3)23-16(17-8)19-14(20)7-11-4-5-13-12(6-11)18-15(21)9(2)22-13/h4-6,9H,7H2,1-3H3,(H,18,21)(H,17,19,20). The Labute approximate surface area is 137 Å². The van der Waals surface area contributed by atoms with E-state index in [4.69, 9.17) is 4.74 Å². The molecule has 120 valence electrons. The van der Waals surface area contributed by atoms with Gasteiger partial charge >= 0.3 is 0 Å². The summed E-state index contributed by atoms with van der Waals surface area (Å²) in [4.78, 5) is 29.1. The van der Waals surface area contributed by atoms with Gasteiger partial charge in [-0.2, -0.15) is 0 Å². The molecule has 0 bridgehead atoms. The lowest BCUT2D eigenvalue weighted by atomic mass is 10.1. The van der Waals surface area contributed by atoms with Crippen molar-refractivity contribution in [2.45, 2.75) is 33.3 Å². The number of benzene rings is 1. The van der Waals surface area contributed by atoms with E-state index in [9.17, 15) is 9.59 Å². The highest BCUT2D eigenvalue weighted by atomic mass is 32.1. The first kappa shape index (κ1) is 15.5. The Morgan fingerprint density at radius 2 is 2.22 bits per heavy atom. The fraction of sp³-hybridized carbons (Fsp3) is 0.312. The number of aromatic nitrogens is 1. The molecular weight excluding hydrogens is 314 g/mol. The number of nitrogens with one attached hydrogen (secondary N) is 2. The minimum atomic E-state index is -0.506. The maximum Gasteiger partial charge on any atom is 0.265 e. The molecule has 0 aliphatic carbocycles. The number of rotatable bonds is 3. The number of carbonyl (C=O) groups excluding carboxylic acids is 2. The van der Waals surface area contributed by atoms with Gasteiger partial charge in [0.25, 0.3) is 5.91 Å². The highest BCUT2D eigenvalue weighted by Gasteiger charge is 2.23. The van der Waals surface area contributed by atoms with Crippen molar-refractivity contribution in [1.29, 1.82) is 0 Å². The van der Waals surface area contributed by atoms with Gasteiger partial charge in [-0.15, -0.1) is 11.3 Å². The number of nitrogens with zero attached hydrogens (tertiary/aromatic N) is 1. The fourth-order valence-electron chi connectivity index (χ4n) is 2.24. The number of ether oxygens (including phenoxy) is 1. The van der Waals surface area contributed by atoms with Gasteiger partial charge in [0.2, 0.25) is 5.91 Å². The van der Waals surface area contributed by atoms with E-state index in [2.05, 4.69) is 15.6 Å². The Balaban J connectivity index is 1.69. The third kappa shape index (κ3) is 3.34. The monoisotopic (exact) mass is 331 g/mol. The van der Waals surface area contributed by atoms with E-state index in [1.165, 1.54) is 11.3 Å². The average molecular weight is 331 g/mol. The van der Waals surface area contributed by atoms with E-state index in [0.717, 1.165) is 16.1 Å². The minimum Gasteiger partial charge on any atom is -0.479 e. The highest BCUT2D eigenvalue weighted by molar-refractivity contribution is 7.15. The van der Waals surface area contributed by atoms with Crippen molar-refractivity contribution >= 4 is 34.0 Å². The Kier molecular flexibility index (Phi) is 4.04. The van der Waals surface area contributed by atoms with Gasteiger partial charge in [-0.25, -0.2) is 4.98 Å². The second-order valence-electron chi connectivity index (χ2n) is 5.47. The molecule has 2 amide bonds. The summed E-state index contributed by atoms with van der Waals surface area (Å²) < 4.78 is 5.49. The molecule has 2 heterocycles. The maximum atomic E-state index is 12.1. The molecular formula is C16H17N3O3S. The largest absolute Gasteiger partial charge is 0.479 e. The first-order valence-corrected chi connectivity index (χ1v) is 8.08. The van der Waals surface area contributed by atoms with E-state index in [-0.39, 0.29) is 18.2 Å². The molecule has 1 aliphatic rings. The van der Waals surface area contributed by atoms with Crippen molar-refractivity contribution in [3.63, 3.8) is 0 Å². The Morgan fingerprint density at radius 3 is 2.91 bits per heavy atom. The average Bonchev–Trinajstić information content (AvgIpc) is 2.78. The summed E-state index contributed by atoms with van der Waals surface area (Å²) in [5, 5.41) is 6.18. The summed E-state index contributed by atoms with van der Waals surface area (Å²) >= 11 is 1.46. The van der Waals surface area contributed by atoms with E-state index >= 15 is 0 Å². The van der Waals surface area contributed by atoms with E-state index < -0.39 is 6.10 Å². The van der Waals surface area contributed by atoms with Crippen LogP contribution in [0.1, 0.15) is 23.1 Å². The van der Waals surface area contributed by atoms with Gasteiger partial charge in [0, 0.05) is 4.88 Å². The second-order valence-corrected chi connectivity index (χ2v) is 6.67.